The minimum absolute atomic E-state index is 0.00749. The zero-order valence-corrected chi connectivity index (χ0v) is 9.76. The van der Waals surface area contributed by atoms with Gasteiger partial charge in [-0.25, -0.2) is 4.79 Å². The third-order valence-corrected chi connectivity index (χ3v) is 2.50. The van der Waals surface area contributed by atoms with Crippen LogP contribution in [0.25, 0.3) is 0 Å². The van der Waals surface area contributed by atoms with E-state index >= 15 is 0 Å². The predicted molar refractivity (Wildman–Crippen MR) is 57.6 cm³/mol. The number of carboxylic acid groups (broad SMARTS) is 1. The number of nitrogens with one attached hydrogen (secondary N) is 2. The van der Waals surface area contributed by atoms with Crippen LogP contribution in [0, 0.1) is 5.41 Å². The Balaban J connectivity index is 4.19. The van der Waals surface area contributed by atoms with Crippen molar-refractivity contribution in [3.8, 4) is 0 Å². The van der Waals surface area contributed by atoms with Crippen molar-refractivity contribution in [1.82, 2.24) is 10.6 Å². The van der Waals surface area contributed by atoms with Crippen molar-refractivity contribution in [1.29, 1.82) is 0 Å². The summed E-state index contributed by atoms with van der Waals surface area (Å²) in [6.45, 7) is 6.54. The van der Waals surface area contributed by atoms with E-state index in [4.69, 9.17) is 5.11 Å². The highest BCUT2D eigenvalue weighted by Gasteiger charge is 2.25. The van der Waals surface area contributed by atoms with Crippen molar-refractivity contribution in [2.75, 3.05) is 13.6 Å². The van der Waals surface area contributed by atoms with E-state index in [-0.39, 0.29) is 5.41 Å². The molecule has 1 amide bonds. The molecule has 0 aliphatic rings. The first-order valence-corrected chi connectivity index (χ1v) is 5.02. The number of amides is 1. The molecule has 0 aromatic rings. The second kappa shape index (κ2) is 5.70. The molecule has 0 aliphatic heterocycles. The molecule has 5 nitrogen and oxygen atoms in total. The van der Waals surface area contributed by atoms with Crippen LogP contribution in [0.15, 0.2) is 0 Å². The summed E-state index contributed by atoms with van der Waals surface area (Å²) in [4.78, 5) is 22.1. The summed E-state index contributed by atoms with van der Waals surface area (Å²) in [5, 5.41) is 13.8. The van der Waals surface area contributed by atoms with E-state index in [1.165, 1.54) is 7.05 Å². The van der Waals surface area contributed by atoms with E-state index in [1.54, 1.807) is 0 Å². The van der Waals surface area contributed by atoms with E-state index in [2.05, 4.69) is 10.6 Å². The Hall–Kier alpha value is -1.10. The van der Waals surface area contributed by atoms with Crippen LogP contribution in [0.1, 0.15) is 27.2 Å². The number of carbonyl (C=O) groups excluding carboxylic acids is 1. The molecule has 0 radical (unpaired) electrons. The average molecular weight is 216 g/mol. The zero-order chi connectivity index (χ0) is 12.1. The standard InChI is InChI=1S/C10H20N2O3/c1-5-10(2,3)6-12-8(13)7(11-4)9(14)15/h7,11H,5-6H2,1-4H3,(H,12,13)(H,14,15). The van der Waals surface area contributed by atoms with Gasteiger partial charge in [0.2, 0.25) is 5.91 Å². The molecule has 0 spiro atoms. The first-order valence-electron chi connectivity index (χ1n) is 5.02. The highest BCUT2D eigenvalue weighted by Crippen LogP contribution is 2.17. The third kappa shape index (κ3) is 4.78. The summed E-state index contributed by atoms with van der Waals surface area (Å²) in [5.74, 6) is -1.66. The Kier molecular flexibility index (Phi) is 5.28. The molecule has 88 valence electrons. The predicted octanol–water partition coefficient (Wildman–Crippen LogP) is 0.211. The molecule has 0 aromatic heterocycles. The maximum absolute atomic E-state index is 11.4. The van der Waals surface area contributed by atoms with Gasteiger partial charge in [-0.05, 0) is 18.9 Å². The summed E-state index contributed by atoms with van der Waals surface area (Å²) in [6.07, 6.45) is 0.921. The number of rotatable bonds is 6. The average Bonchev–Trinajstić information content (AvgIpc) is 2.15. The smallest absolute Gasteiger partial charge is 0.330 e. The van der Waals surface area contributed by atoms with Crippen LogP contribution in [-0.4, -0.2) is 36.6 Å². The van der Waals surface area contributed by atoms with Gasteiger partial charge in [0.25, 0.3) is 0 Å². The van der Waals surface area contributed by atoms with Gasteiger partial charge in [-0.2, -0.15) is 0 Å². The molecule has 0 aromatic carbocycles. The Labute approximate surface area is 90.2 Å². The summed E-state index contributed by atoms with van der Waals surface area (Å²) in [7, 11) is 1.45. The van der Waals surface area contributed by atoms with Gasteiger partial charge in [0, 0.05) is 6.54 Å². The Bertz CT molecular complexity index is 239. The lowest BCUT2D eigenvalue weighted by atomic mass is 9.90. The van der Waals surface area contributed by atoms with E-state index < -0.39 is 17.9 Å². The van der Waals surface area contributed by atoms with Crippen molar-refractivity contribution in [2.24, 2.45) is 5.41 Å². The highest BCUT2D eigenvalue weighted by atomic mass is 16.4. The molecule has 0 heterocycles. The summed E-state index contributed by atoms with van der Waals surface area (Å²) in [6, 6.07) is -1.17. The third-order valence-electron chi connectivity index (χ3n) is 2.50. The van der Waals surface area contributed by atoms with Crippen molar-refractivity contribution in [3.63, 3.8) is 0 Å². The van der Waals surface area contributed by atoms with Gasteiger partial charge >= 0.3 is 5.97 Å². The largest absolute Gasteiger partial charge is 0.480 e. The molecular formula is C10H20N2O3. The quantitative estimate of drug-likeness (QED) is 0.555. The Morgan fingerprint density at radius 3 is 2.27 bits per heavy atom. The number of likely N-dealkylation sites (N-methyl/N-ethyl adjacent to an activating group) is 1. The van der Waals surface area contributed by atoms with Gasteiger partial charge in [-0.3, -0.25) is 10.1 Å². The van der Waals surface area contributed by atoms with Crippen LogP contribution in [0.5, 0.6) is 0 Å². The first kappa shape index (κ1) is 13.9. The van der Waals surface area contributed by atoms with E-state index in [9.17, 15) is 9.59 Å². The molecule has 15 heavy (non-hydrogen) atoms. The number of aliphatic carboxylic acids is 1. The monoisotopic (exact) mass is 216 g/mol. The molecule has 0 aliphatic carbocycles. The summed E-state index contributed by atoms with van der Waals surface area (Å²) >= 11 is 0. The van der Waals surface area contributed by atoms with Crippen LogP contribution in [0.4, 0.5) is 0 Å². The number of hydrogen-bond acceptors (Lipinski definition) is 3. The van der Waals surface area contributed by atoms with Crippen molar-refractivity contribution < 1.29 is 14.7 Å². The summed E-state index contributed by atoms with van der Waals surface area (Å²) < 4.78 is 0. The van der Waals surface area contributed by atoms with Crippen molar-refractivity contribution in [3.05, 3.63) is 0 Å². The van der Waals surface area contributed by atoms with Gasteiger partial charge < -0.3 is 10.4 Å². The molecule has 1 unspecified atom stereocenters. The lowest BCUT2D eigenvalue weighted by molar-refractivity contribution is -0.143. The molecule has 0 fully saturated rings. The normalized spacial score (nSPS) is 13.3. The van der Waals surface area contributed by atoms with Gasteiger partial charge in [0.15, 0.2) is 6.04 Å². The lowest BCUT2D eigenvalue weighted by Gasteiger charge is -2.23. The Morgan fingerprint density at radius 2 is 1.93 bits per heavy atom. The SMILES string of the molecule is CCC(C)(C)CNC(=O)C(NC)C(=O)O. The van der Waals surface area contributed by atoms with E-state index in [0.29, 0.717) is 6.54 Å². The molecule has 3 N–H and O–H groups in total. The first-order chi connectivity index (χ1) is 6.84. The molecule has 0 saturated heterocycles. The summed E-state index contributed by atoms with van der Waals surface area (Å²) in [5.41, 5.74) is -0.00749. The van der Waals surface area contributed by atoms with Gasteiger partial charge in [0.05, 0.1) is 0 Å². The molecule has 0 rings (SSSR count). The Morgan fingerprint density at radius 1 is 1.40 bits per heavy atom. The topological polar surface area (TPSA) is 78.4 Å². The van der Waals surface area contributed by atoms with Crippen LogP contribution in [-0.2, 0) is 9.59 Å². The maximum atomic E-state index is 11.4. The van der Waals surface area contributed by atoms with Crippen LogP contribution in [0.3, 0.4) is 0 Å². The van der Waals surface area contributed by atoms with E-state index in [0.717, 1.165) is 6.42 Å². The van der Waals surface area contributed by atoms with Crippen LogP contribution >= 0.6 is 0 Å². The number of carboxylic acids is 1. The van der Waals surface area contributed by atoms with Crippen molar-refractivity contribution in [2.45, 2.75) is 33.2 Å². The molecule has 5 heteroatoms. The van der Waals surface area contributed by atoms with Gasteiger partial charge in [-0.1, -0.05) is 20.8 Å². The molecular weight excluding hydrogens is 196 g/mol. The maximum Gasteiger partial charge on any atom is 0.330 e. The lowest BCUT2D eigenvalue weighted by Crippen LogP contribution is -2.49. The minimum Gasteiger partial charge on any atom is -0.480 e. The number of carbonyl (C=O) groups is 2. The zero-order valence-electron chi connectivity index (χ0n) is 9.76. The second-order valence-electron chi connectivity index (χ2n) is 4.30. The fourth-order valence-electron chi connectivity index (χ4n) is 0.920. The minimum atomic E-state index is -1.17. The second-order valence-corrected chi connectivity index (χ2v) is 4.30. The van der Waals surface area contributed by atoms with Gasteiger partial charge in [0.1, 0.15) is 0 Å². The van der Waals surface area contributed by atoms with Crippen molar-refractivity contribution >= 4 is 11.9 Å². The van der Waals surface area contributed by atoms with E-state index in [1.807, 2.05) is 20.8 Å². The molecule has 0 saturated carbocycles. The fourth-order valence-corrected chi connectivity index (χ4v) is 0.920. The van der Waals surface area contributed by atoms with Gasteiger partial charge in [-0.15, -0.1) is 0 Å². The highest BCUT2D eigenvalue weighted by molar-refractivity contribution is 6.01. The van der Waals surface area contributed by atoms with Crippen LogP contribution < -0.4 is 10.6 Å². The van der Waals surface area contributed by atoms with Crippen LogP contribution in [0.2, 0.25) is 0 Å². The number of hydrogen-bond donors (Lipinski definition) is 3. The fraction of sp³-hybridized carbons (Fsp3) is 0.800. The molecule has 0 bridgehead atoms. The molecule has 1 atom stereocenters.